The first-order chi connectivity index (χ1) is 11.2. The van der Waals surface area contributed by atoms with Crippen LogP contribution in [0.15, 0.2) is 54.7 Å². The Morgan fingerprint density at radius 3 is 2.48 bits per heavy atom. The number of rotatable bonds is 6. The Hall–Kier alpha value is -2.89. The maximum atomic E-state index is 12.4. The Morgan fingerprint density at radius 2 is 1.83 bits per heavy atom. The molecule has 2 rings (SSSR count). The van der Waals surface area contributed by atoms with E-state index in [1.54, 1.807) is 49.4 Å². The molecule has 6 nitrogen and oxygen atoms in total. The summed E-state index contributed by atoms with van der Waals surface area (Å²) < 4.78 is 10.1. The second-order valence-electron chi connectivity index (χ2n) is 4.58. The third kappa shape index (κ3) is 5.10. The zero-order valence-electron chi connectivity index (χ0n) is 12.8. The minimum atomic E-state index is -0.598. The molecule has 0 aliphatic rings. The number of pyridine rings is 1. The minimum absolute atomic E-state index is 0.0834. The van der Waals surface area contributed by atoms with Gasteiger partial charge in [-0.15, -0.1) is 0 Å². The van der Waals surface area contributed by atoms with Gasteiger partial charge in [-0.3, -0.25) is 9.69 Å². The molecule has 6 heteroatoms. The van der Waals surface area contributed by atoms with E-state index in [0.29, 0.717) is 12.3 Å². The largest absolute Gasteiger partial charge is 0.466 e. The first kappa shape index (κ1) is 16.5. The van der Waals surface area contributed by atoms with Crippen molar-refractivity contribution in [3.8, 4) is 5.88 Å². The molecule has 2 aromatic rings. The summed E-state index contributed by atoms with van der Waals surface area (Å²) in [6.45, 7) is 2.21. The lowest BCUT2D eigenvalue weighted by Gasteiger charge is -2.21. The van der Waals surface area contributed by atoms with Crippen LogP contribution in [-0.4, -0.2) is 30.2 Å². The number of benzene rings is 1. The molecule has 1 amide bonds. The zero-order valence-corrected chi connectivity index (χ0v) is 12.8. The van der Waals surface area contributed by atoms with Gasteiger partial charge in [0, 0.05) is 24.5 Å². The van der Waals surface area contributed by atoms with E-state index in [2.05, 4.69) is 4.98 Å². The van der Waals surface area contributed by atoms with Gasteiger partial charge in [0.1, 0.15) is 0 Å². The van der Waals surface area contributed by atoms with E-state index in [1.165, 1.54) is 11.1 Å². The van der Waals surface area contributed by atoms with Gasteiger partial charge in [0.25, 0.3) is 0 Å². The second kappa shape index (κ2) is 8.53. The average molecular weight is 314 g/mol. The van der Waals surface area contributed by atoms with E-state index in [-0.39, 0.29) is 24.8 Å². The highest BCUT2D eigenvalue weighted by Gasteiger charge is 2.19. The Kier molecular flexibility index (Phi) is 6.11. The maximum Gasteiger partial charge on any atom is 0.421 e. The van der Waals surface area contributed by atoms with Crippen molar-refractivity contribution in [3.05, 3.63) is 54.7 Å². The fraction of sp³-hybridized carbons (Fsp3) is 0.235. The van der Waals surface area contributed by atoms with Gasteiger partial charge in [0.15, 0.2) is 0 Å². The SMILES string of the molecule is CCOC(=O)CCN(C(=O)Oc1ccccn1)c1ccccc1. The number of anilines is 1. The number of carbonyl (C=O) groups is 2. The predicted molar refractivity (Wildman–Crippen MR) is 85.3 cm³/mol. The number of esters is 1. The summed E-state index contributed by atoms with van der Waals surface area (Å²) in [5.41, 5.74) is 0.637. The van der Waals surface area contributed by atoms with Crippen molar-refractivity contribution in [2.45, 2.75) is 13.3 Å². The second-order valence-corrected chi connectivity index (χ2v) is 4.58. The summed E-state index contributed by atoms with van der Waals surface area (Å²) >= 11 is 0. The first-order valence-corrected chi connectivity index (χ1v) is 7.31. The minimum Gasteiger partial charge on any atom is -0.466 e. The smallest absolute Gasteiger partial charge is 0.421 e. The summed E-state index contributed by atoms with van der Waals surface area (Å²) in [6, 6.07) is 14.0. The van der Waals surface area contributed by atoms with Gasteiger partial charge in [0.05, 0.1) is 13.0 Å². The highest BCUT2D eigenvalue weighted by atomic mass is 16.6. The van der Waals surface area contributed by atoms with E-state index in [1.807, 2.05) is 6.07 Å². The number of nitrogens with zero attached hydrogens (tertiary/aromatic N) is 2. The van der Waals surface area contributed by atoms with Crippen molar-refractivity contribution < 1.29 is 19.1 Å². The summed E-state index contributed by atoms with van der Waals surface area (Å²) in [5, 5.41) is 0. The molecule has 0 radical (unpaired) electrons. The quantitative estimate of drug-likeness (QED) is 0.767. The number of hydrogen-bond acceptors (Lipinski definition) is 5. The van der Waals surface area contributed by atoms with E-state index in [4.69, 9.17) is 9.47 Å². The van der Waals surface area contributed by atoms with Crippen molar-refractivity contribution in [2.75, 3.05) is 18.1 Å². The molecule has 1 heterocycles. The van der Waals surface area contributed by atoms with Crippen molar-refractivity contribution in [3.63, 3.8) is 0 Å². The zero-order chi connectivity index (χ0) is 16.5. The molecule has 0 aliphatic carbocycles. The van der Waals surface area contributed by atoms with E-state index in [9.17, 15) is 9.59 Å². The van der Waals surface area contributed by atoms with Gasteiger partial charge in [-0.05, 0) is 25.1 Å². The molecule has 1 aromatic heterocycles. The number of hydrogen-bond donors (Lipinski definition) is 0. The molecule has 0 spiro atoms. The van der Waals surface area contributed by atoms with Gasteiger partial charge in [-0.2, -0.15) is 0 Å². The lowest BCUT2D eigenvalue weighted by molar-refractivity contribution is -0.142. The lowest BCUT2D eigenvalue weighted by Crippen LogP contribution is -2.35. The Bertz CT molecular complexity index is 632. The van der Waals surface area contributed by atoms with Crippen LogP contribution >= 0.6 is 0 Å². The van der Waals surface area contributed by atoms with Gasteiger partial charge in [0.2, 0.25) is 5.88 Å². The van der Waals surface area contributed by atoms with Crippen molar-refractivity contribution in [1.29, 1.82) is 0 Å². The van der Waals surface area contributed by atoms with Crippen LogP contribution in [0.4, 0.5) is 10.5 Å². The van der Waals surface area contributed by atoms with E-state index in [0.717, 1.165) is 0 Å². The van der Waals surface area contributed by atoms with Crippen molar-refractivity contribution in [1.82, 2.24) is 4.98 Å². The Morgan fingerprint density at radius 1 is 1.09 bits per heavy atom. The molecular weight excluding hydrogens is 296 g/mol. The summed E-state index contributed by atoms with van der Waals surface area (Å²) in [5.74, 6) is -0.159. The molecule has 0 N–H and O–H groups in total. The van der Waals surface area contributed by atoms with Crippen LogP contribution in [-0.2, 0) is 9.53 Å². The van der Waals surface area contributed by atoms with Gasteiger partial charge in [-0.25, -0.2) is 9.78 Å². The predicted octanol–water partition coefficient (Wildman–Crippen LogP) is 3.04. The normalized spacial score (nSPS) is 9.96. The third-order valence-electron chi connectivity index (χ3n) is 2.96. The van der Waals surface area contributed by atoms with Crippen LogP contribution in [0.5, 0.6) is 5.88 Å². The number of ether oxygens (including phenoxy) is 2. The average Bonchev–Trinajstić information content (AvgIpc) is 2.57. The number of amides is 1. The van der Waals surface area contributed by atoms with Crippen LogP contribution in [0.3, 0.4) is 0 Å². The number of carbonyl (C=O) groups excluding carboxylic acids is 2. The molecular formula is C17H18N2O4. The van der Waals surface area contributed by atoms with Crippen LogP contribution in [0, 0.1) is 0 Å². The molecule has 0 unspecified atom stereocenters. The molecule has 23 heavy (non-hydrogen) atoms. The fourth-order valence-electron chi connectivity index (χ4n) is 1.92. The van der Waals surface area contributed by atoms with Gasteiger partial charge >= 0.3 is 12.1 Å². The summed E-state index contributed by atoms with van der Waals surface area (Å²) in [4.78, 5) is 29.3. The van der Waals surface area contributed by atoms with Crippen molar-refractivity contribution in [2.24, 2.45) is 0 Å². The highest BCUT2D eigenvalue weighted by Crippen LogP contribution is 2.16. The van der Waals surface area contributed by atoms with E-state index >= 15 is 0 Å². The van der Waals surface area contributed by atoms with Crippen LogP contribution in [0.2, 0.25) is 0 Å². The monoisotopic (exact) mass is 314 g/mol. The standard InChI is InChI=1S/C17H18N2O4/c1-2-22-16(20)11-13-19(14-8-4-3-5-9-14)17(21)23-15-10-6-7-12-18-15/h3-10,12H,2,11,13H2,1H3. The van der Waals surface area contributed by atoms with Gasteiger partial charge in [-0.1, -0.05) is 24.3 Å². The topological polar surface area (TPSA) is 68.7 Å². The molecule has 0 saturated carbocycles. The van der Waals surface area contributed by atoms with Crippen LogP contribution < -0.4 is 9.64 Å². The molecule has 0 fully saturated rings. The Balaban J connectivity index is 2.09. The highest BCUT2D eigenvalue weighted by molar-refractivity contribution is 5.89. The number of para-hydroxylation sites is 1. The summed E-state index contributed by atoms with van der Waals surface area (Å²) in [7, 11) is 0. The van der Waals surface area contributed by atoms with E-state index < -0.39 is 6.09 Å². The molecule has 120 valence electrons. The molecule has 0 aliphatic heterocycles. The van der Waals surface area contributed by atoms with Crippen molar-refractivity contribution >= 4 is 17.7 Å². The third-order valence-corrected chi connectivity index (χ3v) is 2.96. The molecule has 1 aromatic carbocycles. The lowest BCUT2D eigenvalue weighted by atomic mass is 10.3. The molecule has 0 bridgehead atoms. The van der Waals surface area contributed by atoms with Crippen LogP contribution in [0.25, 0.3) is 0 Å². The van der Waals surface area contributed by atoms with Crippen LogP contribution in [0.1, 0.15) is 13.3 Å². The molecule has 0 atom stereocenters. The fourth-order valence-corrected chi connectivity index (χ4v) is 1.92. The maximum absolute atomic E-state index is 12.4. The molecule has 0 saturated heterocycles. The first-order valence-electron chi connectivity index (χ1n) is 7.31. The Labute approximate surface area is 134 Å². The van der Waals surface area contributed by atoms with Gasteiger partial charge < -0.3 is 9.47 Å². The summed E-state index contributed by atoms with van der Waals surface area (Å²) in [6.07, 6.45) is 1.02. The number of aromatic nitrogens is 1.